The van der Waals surface area contributed by atoms with Gasteiger partial charge in [0.25, 0.3) is 0 Å². The van der Waals surface area contributed by atoms with Gasteiger partial charge >= 0.3 is 0 Å². The summed E-state index contributed by atoms with van der Waals surface area (Å²) in [6, 6.07) is 3.74. The molecule has 76 valence electrons. The molecular weight excluding hydrogens is 210 g/mol. The maximum Gasteiger partial charge on any atom is 0.161 e. The summed E-state index contributed by atoms with van der Waals surface area (Å²) in [6.07, 6.45) is 5.24. The zero-order valence-corrected chi connectivity index (χ0v) is 9.07. The Labute approximate surface area is 93.2 Å². The largest absolute Gasteiger partial charge is 0.264 e. The van der Waals surface area contributed by atoms with E-state index >= 15 is 0 Å². The van der Waals surface area contributed by atoms with Crippen LogP contribution in [0.5, 0.6) is 0 Å². The summed E-state index contributed by atoms with van der Waals surface area (Å²) in [5.74, 6) is 1.08. The molecule has 0 amide bonds. The van der Waals surface area contributed by atoms with Gasteiger partial charge in [0.2, 0.25) is 0 Å². The first kappa shape index (κ1) is 10.1. The predicted molar refractivity (Wildman–Crippen MR) is 59.6 cm³/mol. The van der Waals surface area contributed by atoms with Gasteiger partial charge in [0.05, 0.1) is 11.6 Å². The van der Waals surface area contributed by atoms with Crippen molar-refractivity contribution in [3.8, 4) is 11.4 Å². The smallest absolute Gasteiger partial charge is 0.161 e. The molecule has 0 fully saturated rings. The molecule has 0 N–H and O–H groups in total. The van der Waals surface area contributed by atoms with Crippen LogP contribution < -0.4 is 0 Å². The van der Waals surface area contributed by atoms with E-state index in [0.29, 0.717) is 11.7 Å². The monoisotopic (exact) mass is 219 g/mol. The number of aromatic nitrogens is 3. The fourth-order valence-electron chi connectivity index (χ4n) is 1.30. The summed E-state index contributed by atoms with van der Waals surface area (Å²) >= 11 is 5.72. The van der Waals surface area contributed by atoms with E-state index in [0.717, 1.165) is 16.8 Å². The Morgan fingerprint density at radius 1 is 1.27 bits per heavy atom. The summed E-state index contributed by atoms with van der Waals surface area (Å²) in [6.45, 7) is 2.01. The van der Waals surface area contributed by atoms with Crippen LogP contribution in [0.15, 0.2) is 30.7 Å². The summed E-state index contributed by atoms with van der Waals surface area (Å²) in [5.41, 5.74) is 2.88. The molecule has 0 bridgehead atoms. The van der Waals surface area contributed by atoms with Gasteiger partial charge in [-0.1, -0.05) is 0 Å². The molecule has 0 radical (unpaired) electrons. The van der Waals surface area contributed by atoms with Gasteiger partial charge in [-0.25, -0.2) is 9.97 Å². The van der Waals surface area contributed by atoms with Gasteiger partial charge in [-0.15, -0.1) is 11.6 Å². The molecule has 0 spiro atoms. The fourth-order valence-corrected chi connectivity index (χ4v) is 1.45. The van der Waals surface area contributed by atoms with Crippen LogP contribution in [0.3, 0.4) is 0 Å². The van der Waals surface area contributed by atoms with Gasteiger partial charge in [0.1, 0.15) is 0 Å². The Morgan fingerprint density at radius 2 is 2.13 bits per heavy atom. The molecule has 0 aliphatic rings. The molecule has 2 aromatic rings. The van der Waals surface area contributed by atoms with Crippen LogP contribution in [0.2, 0.25) is 0 Å². The van der Waals surface area contributed by atoms with Crippen molar-refractivity contribution in [3.63, 3.8) is 0 Å². The molecule has 0 saturated heterocycles. The molecule has 0 unspecified atom stereocenters. The summed E-state index contributed by atoms with van der Waals surface area (Å²) in [7, 11) is 0. The molecule has 0 aliphatic carbocycles. The number of nitrogens with zero attached hydrogens (tertiary/aromatic N) is 3. The molecule has 2 heterocycles. The molecule has 4 heteroatoms. The van der Waals surface area contributed by atoms with E-state index in [-0.39, 0.29) is 0 Å². The SMILES string of the molecule is Cc1ccncc1-c1nccc(CCl)n1. The number of halogens is 1. The Balaban J connectivity index is 2.49. The molecular formula is C11H10ClN3. The van der Waals surface area contributed by atoms with Gasteiger partial charge in [0, 0.05) is 24.2 Å². The van der Waals surface area contributed by atoms with Gasteiger partial charge in [0.15, 0.2) is 5.82 Å². The first-order valence-electron chi connectivity index (χ1n) is 4.60. The molecule has 0 aliphatic heterocycles. The molecule has 15 heavy (non-hydrogen) atoms. The quantitative estimate of drug-likeness (QED) is 0.729. The lowest BCUT2D eigenvalue weighted by Gasteiger charge is -2.03. The second-order valence-corrected chi connectivity index (χ2v) is 3.46. The van der Waals surface area contributed by atoms with Crippen LogP contribution in [-0.4, -0.2) is 15.0 Å². The number of hydrogen-bond acceptors (Lipinski definition) is 3. The van der Waals surface area contributed by atoms with Gasteiger partial charge < -0.3 is 0 Å². The third kappa shape index (κ3) is 2.13. The average Bonchev–Trinajstić information content (AvgIpc) is 2.30. The van der Waals surface area contributed by atoms with E-state index in [1.54, 1.807) is 18.6 Å². The van der Waals surface area contributed by atoms with Gasteiger partial charge in [-0.05, 0) is 24.6 Å². The van der Waals surface area contributed by atoms with Gasteiger partial charge in [-0.3, -0.25) is 4.98 Å². The highest BCUT2D eigenvalue weighted by Crippen LogP contribution is 2.17. The van der Waals surface area contributed by atoms with Crippen LogP contribution in [-0.2, 0) is 5.88 Å². The van der Waals surface area contributed by atoms with E-state index in [9.17, 15) is 0 Å². The normalized spacial score (nSPS) is 10.3. The predicted octanol–water partition coefficient (Wildman–Crippen LogP) is 2.59. The maximum absolute atomic E-state index is 5.72. The standard InChI is InChI=1S/C11H10ClN3/c1-8-2-4-13-7-10(8)11-14-5-3-9(6-12)15-11/h2-5,7H,6H2,1H3. The molecule has 2 aromatic heterocycles. The molecule has 0 saturated carbocycles. The number of alkyl halides is 1. The van der Waals surface area contributed by atoms with Crippen molar-refractivity contribution in [2.75, 3.05) is 0 Å². The third-order valence-corrected chi connectivity index (χ3v) is 2.40. The van der Waals surface area contributed by atoms with Crippen molar-refractivity contribution in [3.05, 3.63) is 42.0 Å². The number of rotatable bonds is 2. The Bertz CT molecular complexity index is 471. The number of pyridine rings is 1. The highest BCUT2D eigenvalue weighted by Gasteiger charge is 2.04. The van der Waals surface area contributed by atoms with Crippen molar-refractivity contribution in [1.82, 2.24) is 15.0 Å². The first-order chi connectivity index (χ1) is 7.31. The van der Waals surface area contributed by atoms with E-state index < -0.39 is 0 Å². The van der Waals surface area contributed by atoms with Crippen LogP contribution >= 0.6 is 11.6 Å². The Hall–Kier alpha value is -1.48. The van der Waals surface area contributed by atoms with Crippen molar-refractivity contribution < 1.29 is 0 Å². The van der Waals surface area contributed by atoms with Crippen molar-refractivity contribution >= 4 is 11.6 Å². The molecule has 3 nitrogen and oxygen atoms in total. The number of aryl methyl sites for hydroxylation is 1. The van der Waals surface area contributed by atoms with Crippen LogP contribution in [0.25, 0.3) is 11.4 Å². The van der Waals surface area contributed by atoms with Crippen molar-refractivity contribution in [2.45, 2.75) is 12.8 Å². The van der Waals surface area contributed by atoms with Gasteiger partial charge in [-0.2, -0.15) is 0 Å². The minimum Gasteiger partial charge on any atom is -0.264 e. The highest BCUT2D eigenvalue weighted by molar-refractivity contribution is 6.16. The maximum atomic E-state index is 5.72. The van der Waals surface area contributed by atoms with Crippen LogP contribution in [0.1, 0.15) is 11.3 Å². The molecule has 0 atom stereocenters. The lowest BCUT2D eigenvalue weighted by molar-refractivity contribution is 1.08. The van der Waals surface area contributed by atoms with Crippen LogP contribution in [0, 0.1) is 6.92 Å². The second-order valence-electron chi connectivity index (χ2n) is 3.20. The zero-order valence-electron chi connectivity index (χ0n) is 8.31. The topological polar surface area (TPSA) is 38.7 Å². The van der Waals surface area contributed by atoms with Crippen molar-refractivity contribution in [1.29, 1.82) is 0 Å². The first-order valence-corrected chi connectivity index (χ1v) is 5.13. The minimum absolute atomic E-state index is 0.398. The number of hydrogen-bond donors (Lipinski definition) is 0. The van der Waals surface area contributed by atoms with E-state index in [2.05, 4.69) is 15.0 Å². The zero-order chi connectivity index (χ0) is 10.7. The lowest BCUT2D eigenvalue weighted by atomic mass is 10.1. The van der Waals surface area contributed by atoms with Crippen molar-refractivity contribution in [2.24, 2.45) is 0 Å². The summed E-state index contributed by atoms with van der Waals surface area (Å²) in [4.78, 5) is 12.6. The molecule has 2 rings (SSSR count). The Kier molecular flexibility index (Phi) is 2.92. The van der Waals surface area contributed by atoms with Crippen LogP contribution in [0.4, 0.5) is 0 Å². The Morgan fingerprint density at radius 3 is 2.87 bits per heavy atom. The highest BCUT2D eigenvalue weighted by atomic mass is 35.5. The minimum atomic E-state index is 0.398. The molecule has 0 aromatic carbocycles. The second kappa shape index (κ2) is 4.36. The lowest BCUT2D eigenvalue weighted by Crippen LogP contribution is -1.94. The fraction of sp³-hybridized carbons (Fsp3) is 0.182. The summed E-state index contributed by atoms with van der Waals surface area (Å²) < 4.78 is 0. The summed E-state index contributed by atoms with van der Waals surface area (Å²) in [5, 5.41) is 0. The average molecular weight is 220 g/mol. The van der Waals surface area contributed by atoms with E-state index in [4.69, 9.17) is 11.6 Å². The van der Waals surface area contributed by atoms with E-state index in [1.165, 1.54) is 0 Å². The third-order valence-electron chi connectivity index (χ3n) is 2.13. The van der Waals surface area contributed by atoms with E-state index in [1.807, 2.05) is 19.1 Å².